The molecule has 2 aliphatic rings. The highest BCUT2D eigenvalue weighted by molar-refractivity contribution is 6.32. The molecular weight excluding hydrogens is 352 g/mol. The topological polar surface area (TPSA) is 106 Å². The minimum atomic E-state index is -0.374. The predicted molar refractivity (Wildman–Crippen MR) is 93.0 cm³/mol. The van der Waals surface area contributed by atoms with Crippen LogP contribution in [0.2, 0.25) is 0 Å². The van der Waals surface area contributed by atoms with Crippen LogP contribution in [0.15, 0.2) is 33.9 Å². The molecule has 0 aliphatic carbocycles. The molecule has 4 rings (SSSR count). The molecule has 27 heavy (non-hydrogen) atoms. The van der Waals surface area contributed by atoms with Crippen molar-refractivity contribution in [3.05, 3.63) is 41.1 Å². The third kappa shape index (κ3) is 2.67. The number of amides is 3. The van der Waals surface area contributed by atoms with Crippen molar-refractivity contribution >= 4 is 29.1 Å². The fourth-order valence-corrected chi connectivity index (χ4v) is 3.03. The second kappa shape index (κ2) is 6.04. The summed E-state index contributed by atoms with van der Waals surface area (Å²) >= 11 is 0. The fourth-order valence-electron chi connectivity index (χ4n) is 3.03. The number of carbonyl (C=O) groups excluding carboxylic acids is 3. The molecule has 0 saturated carbocycles. The molecule has 0 unspecified atom stereocenters. The SMILES string of the molecule is CC1=C(C)C(=O)N(c2ccc3c(c2)N(Cc2noc(C)n2)C(=O)CO3)C1=O. The Labute approximate surface area is 154 Å². The molecule has 0 spiro atoms. The lowest BCUT2D eigenvalue weighted by atomic mass is 10.2. The Morgan fingerprint density at radius 3 is 2.41 bits per heavy atom. The highest BCUT2D eigenvalue weighted by Gasteiger charge is 2.36. The molecule has 3 amide bonds. The summed E-state index contributed by atoms with van der Waals surface area (Å²) in [6.07, 6.45) is 0. The number of ether oxygens (including phenoxy) is 1. The third-order valence-corrected chi connectivity index (χ3v) is 4.62. The molecule has 0 bridgehead atoms. The number of nitrogens with zero attached hydrogens (tertiary/aromatic N) is 4. The van der Waals surface area contributed by atoms with Crippen molar-refractivity contribution in [2.45, 2.75) is 27.3 Å². The Morgan fingerprint density at radius 1 is 1.07 bits per heavy atom. The van der Waals surface area contributed by atoms with Crippen LogP contribution in [0.4, 0.5) is 11.4 Å². The maximum Gasteiger partial charge on any atom is 0.265 e. The van der Waals surface area contributed by atoms with E-state index in [-0.39, 0.29) is 30.9 Å². The number of benzene rings is 1. The van der Waals surface area contributed by atoms with E-state index < -0.39 is 0 Å². The van der Waals surface area contributed by atoms with Gasteiger partial charge in [-0.25, -0.2) is 4.90 Å². The van der Waals surface area contributed by atoms with E-state index in [0.29, 0.717) is 40.0 Å². The summed E-state index contributed by atoms with van der Waals surface area (Å²) in [7, 11) is 0. The molecule has 2 aromatic rings. The number of imide groups is 1. The summed E-state index contributed by atoms with van der Waals surface area (Å²) in [5.74, 6) is 0.179. The van der Waals surface area contributed by atoms with Crippen molar-refractivity contribution < 1.29 is 23.6 Å². The van der Waals surface area contributed by atoms with Crippen molar-refractivity contribution in [2.75, 3.05) is 16.4 Å². The fraction of sp³-hybridized carbons (Fsp3) is 0.278. The van der Waals surface area contributed by atoms with Crippen LogP contribution in [0, 0.1) is 6.92 Å². The number of hydrogen-bond acceptors (Lipinski definition) is 7. The van der Waals surface area contributed by atoms with Crippen LogP contribution in [0.1, 0.15) is 25.6 Å². The monoisotopic (exact) mass is 368 g/mol. The first-order valence-electron chi connectivity index (χ1n) is 8.29. The molecule has 0 radical (unpaired) electrons. The molecule has 9 heteroatoms. The van der Waals surface area contributed by atoms with Crippen LogP contribution in [-0.4, -0.2) is 34.5 Å². The molecular formula is C18H16N4O5. The van der Waals surface area contributed by atoms with Crippen molar-refractivity contribution in [3.63, 3.8) is 0 Å². The van der Waals surface area contributed by atoms with E-state index >= 15 is 0 Å². The summed E-state index contributed by atoms with van der Waals surface area (Å²) in [6.45, 7) is 4.86. The van der Waals surface area contributed by atoms with E-state index in [0.717, 1.165) is 4.90 Å². The Morgan fingerprint density at radius 2 is 1.78 bits per heavy atom. The summed E-state index contributed by atoms with van der Waals surface area (Å²) in [5, 5.41) is 3.81. The van der Waals surface area contributed by atoms with E-state index in [1.54, 1.807) is 39.0 Å². The quantitative estimate of drug-likeness (QED) is 0.756. The van der Waals surface area contributed by atoms with Crippen molar-refractivity contribution in [2.24, 2.45) is 0 Å². The van der Waals surface area contributed by atoms with Gasteiger partial charge < -0.3 is 9.26 Å². The normalized spacial score (nSPS) is 16.9. The highest BCUT2D eigenvalue weighted by Crippen LogP contribution is 2.38. The van der Waals surface area contributed by atoms with Crippen LogP contribution >= 0.6 is 0 Å². The number of fused-ring (bicyclic) bond motifs is 1. The number of rotatable bonds is 3. The largest absolute Gasteiger partial charge is 0.482 e. The Hall–Kier alpha value is -3.49. The molecule has 1 aromatic heterocycles. The zero-order chi connectivity index (χ0) is 19.3. The molecule has 0 N–H and O–H groups in total. The van der Waals surface area contributed by atoms with Crippen molar-refractivity contribution in [3.8, 4) is 5.75 Å². The van der Waals surface area contributed by atoms with Crippen LogP contribution in [-0.2, 0) is 20.9 Å². The van der Waals surface area contributed by atoms with Gasteiger partial charge >= 0.3 is 0 Å². The first-order valence-corrected chi connectivity index (χ1v) is 8.29. The summed E-state index contributed by atoms with van der Waals surface area (Å²) in [5.41, 5.74) is 1.62. The Balaban J connectivity index is 1.72. The van der Waals surface area contributed by atoms with Gasteiger partial charge in [0.15, 0.2) is 12.4 Å². The van der Waals surface area contributed by atoms with Gasteiger partial charge in [-0.3, -0.25) is 19.3 Å². The zero-order valence-electron chi connectivity index (χ0n) is 15.0. The lowest BCUT2D eigenvalue weighted by molar-refractivity contribution is -0.122. The molecule has 138 valence electrons. The van der Waals surface area contributed by atoms with E-state index in [4.69, 9.17) is 9.26 Å². The smallest absolute Gasteiger partial charge is 0.265 e. The summed E-state index contributed by atoms with van der Waals surface area (Å²) < 4.78 is 10.4. The van der Waals surface area contributed by atoms with E-state index in [2.05, 4.69) is 10.1 Å². The minimum absolute atomic E-state index is 0.0915. The van der Waals surface area contributed by atoms with Crippen LogP contribution < -0.4 is 14.5 Å². The van der Waals surface area contributed by atoms with Crippen LogP contribution in [0.3, 0.4) is 0 Å². The van der Waals surface area contributed by atoms with Crippen LogP contribution in [0.5, 0.6) is 5.75 Å². The molecule has 9 nitrogen and oxygen atoms in total. The predicted octanol–water partition coefficient (Wildman–Crippen LogP) is 1.51. The van der Waals surface area contributed by atoms with E-state index in [9.17, 15) is 14.4 Å². The Bertz CT molecular complexity index is 999. The lowest BCUT2D eigenvalue weighted by Gasteiger charge is -2.29. The maximum atomic E-state index is 12.4. The van der Waals surface area contributed by atoms with E-state index in [1.165, 1.54) is 4.90 Å². The van der Waals surface area contributed by atoms with E-state index in [1.807, 2.05) is 0 Å². The van der Waals surface area contributed by atoms with Gasteiger partial charge in [0.1, 0.15) is 5.75 Å². The molecule has 0 atom stereocenters. The minimum Gasteiger partial charge on any atom is -0.482 e. The number of aromatic nitrogens is 2. The average molecular weight is 368 g/mol. The lowest BCUT2D eigenvalue weighted by Crippen LogP contribution is -2.39. The number of anilines is 2. The second-order valence-electron chi connectivity index (χ2n) is 6.35. The van der Waals surface area contributed by atoms with Crippen LogP contribution in [0.25, 0.3) is 0 Å². The number of hydrogen-bond donors (Lipinski definition) is 0. The standard InChI is InChI=1S/C18H16N4O5/c1-9-10(2)18(25)22(17(9)24)12-4-5-14-13(6-12)21(16(23)8-26-14)7-15-19-11(3)27-20-15/h4-6H,7-8H2,1-3H3. The molecule has 0 saturated heterocycles. The highest BCUT2D eigenvalue weighted by atomic mass is 16.5. The molecule has 2 aliphatic heterocycles. The first-order chi connectivity index (χ1) is 12.9. The molecule has 3 heterocycles. The third-order valence-electron chi connectivity index (χ3n) is 4.62. The van der Waals surface area contributed by atoms with Gasteiger partial charge in [-0.15, -0.1) is 0 Å². The van der Waals surface area contributed by atoms with Crippen molar-refractivity contribution in [1.29, 1.82) is 0 Å². The first kappa shape index (κ1) is 17.0. The van der Waals surface area contributed by atoms with Gasteiger partial charge in [0, 0.05) is 18.1 Å². The van der Waals surface area contributed by atoms with Gasteiger partial charge in [-0.05, 0) is 32.0 Å². The second-order valence-corrected chi connectivity index (χ2v) is 6.35. The van der Waals surface area contributed by atoms with Gasteiger partial charge in [-0.1, -0.05) is 5.16 Å². The maximum absolute atomic E-state index is 12.4. The summed E-state index contributed by atoms with van der Waals surface area (Å²) in [4.78, 5) is 43.9. The summed E-state index contributed by atoms with van der Waals surface area (Å²) in [6, 6.07) is 4.84. The number of aryl methyl sites for hydroxylation is 1. The molecule has 0 fully saturated rings. The van der Waals surface area contributed by atoms with Gasteiger partial charge in [0.2, 0.25) is 5.89 Å². The van der Waals surface area contributed by atoms with Gasteiger partial charge in [0.25, 0.3) is 17.7 Å². The molecule has 1 aromatic carbocycles. The van der Waals surface area contributed by atoms with Gasteiger partial charge in [0.05, 0.1) is 17.9 Å². The Kier molecular flexibility index (Phi) is 3.79. The van der Waals surface area contributed by atoms with Crippen molar-refractivity contribution in [1.82, 2.24) is 10.1 Å². The van der Waals surface area contributed by atoms with Gasteiger partial charge in [-0.2, -0.15) is 4.98 Å². The zero-order valence-corrected chi connectivity index (χ0v) is 15.0. The number of carbonyl (C=O) groups is 3. The average Bonchev–Trinajstić information content (AvgIpc) is 3.14.